The minimum atomic E-state index is -4.59. The van der Waals surface area contributed by atoms with Crippen molar-refractivity contribution in [2.24, 2.45) is 0 Å². The van der Waals surface area contributed by atoms with Crippen LogP contribution in [-0.4, -0.2) is 58.8 Å². The fourth-order valence-corrected chi connectivity index (χ4v) is 3.31. The van der Waals surface area contributed by atoms with Gasteiger partial charge < -0.3 is 14.4 Å². The first-order valence-electron chi connectivity index (χ1n) is 9.35. The third kappa shape index (κ3) is 4.12. The van der Waals surface area contributed by atoms with Crippen LogP contribution in [0.3, 0.4) is 0 Å². The van der Waals surface area contributed by atoms with Crippen molar-refractivity contribution in [3.05, 3.63) is 41.9 Å². The smallest absolute Gasteiger partial charge is 0.491 e. The van der Waals surface area contributed by atoms with E-state index < -0.39 is 6.30 Å². The third-order valence-electron chi connectivity index (χ3n) is 4.61. The number of benzene rings is 1. The van der Waals surface area contributed by atoms with Crippen LogP contribution < -0.4 is 10.2 Å². The normalized spacial score (nSPS) is 18.0. The molecule has 3 heterocycles. The number of fused-ring (bicyclic) bond motifs is 1. The Bertz CT molecular complexity index is 945. The highest BCUT2D eigenvalue weighted by atomic mass is 19.4. The third-order valence-corrected chi connectivity index (χ3v) is 4.61. The molecule has 156 valence electrons. The first-order chi connectivity index (χ1) is 13.8. The molecule has 1 aromatic heterocycles. The van der Waals surface area contributed by atoms with Crippen molar-refractivity contribution in [3.63, 3.8) is 0 Å². The van der Waals surface area contributed by atoms with Crippen LogP contribution >= 0.6 is 0 Å². The molecule has 0 saturated carbocycles. The van der Waals surface area contributed by atoms with Crippen LogP contribution in [0.15, 0.2) is 36.2 Å². The Morgan fingerprint density at radius 3 is 2.66 bits per heavy atom. The topological polar surface area (TPSA) is 65.6 Å². The van der Waals surface area contributed by atoms with Crippen LogP contribution in [0, 0.1) is 0 Å². The van der Waals surface area contributed by atoms with Crippen LogP contribution in [0.25, 0.3) is 16.6 Å². The number of H-pyrrole nitrogens is 1. The van der Waals surface area contributed by atoms with Gasteiger partial charge in [0.1, 0.15) is 11.4 Å². The van der Waals surface area contributed by atoms with E-state index in [-0.39, 0.29) is 16.8 Å². The highest BCUT2D eigenvalue weighted by molar-refractivity contribution is 5.91. The molecule has 0 unspecified atom stereocenters. The molecule has 2 aromatic rings. The Morgan fingerprint density at radius 1 is 1.21 bits per heavy atom. The quantitative estimate of drug-likeness (QED) is 0.757. The number of nitrogens with zero attached hydrogens (tertiary/aromatic N) is 3. The Kier molecular flexibility index (Phi) is 5.03. The lowest BCUT2D eigenvalue weighted by atomic mass is 10.1. The molecule has 0 aliphatic carbocycles. The number of morpholine rings is 1. The number of rotatable bonds is 4. The molecular weight excluding hydrogens is 387 g/mol. The summed E-state index contributed by atoms with van der Waals surface area (Å²) >= 11 is 0. The Morgan fingerprint density at radius 2 is 1.97 bits per heavy atom. The first-order valence-corrected chi connectivity index (χ1v) is 9.35. The van der Waals surface area contributed by atoms with Crippen LogP contribution in [0.4, 0.5) is 13.2 Å². The molecule has 1 saturated heterocycles. The Balaban J connectivity index is 1.74. The molecule has 0 bridgehead atoms. The van der Waals surface area contributed by atoms with Crippen LogP contribution in [0.5, 0.6) is 5.75 Å². The second-order valence-electron chi connectivity index (χ2n) is 7.11. The molecule has 0 atom stereocenters. The second-order valence-corrected chi connectivity index (χ2v) is 7.11. The van der Waals surface area contributed by atoms with Gasteiger partial charge in [-0.05, 0) is 38.1 Å². The maximum absolute atomic E-state index is 13.5. The number of halogens is 3. The molecule has 0 spiro atoms. The number of nitrogens with one attached hydrogen (secondary N) is 2. The van der Waals surface area contributed by atoms with Gasteiger partial charge in [-0.25, -0.2) is 0 Å². The van der Waals surface area contributed by atoms with Crippen molar-refractivity contribution >= 4 is 16.6 Å². The lowest BCUT2D eigenvalue weighted by Crippen LogP contribution is -2.47. The molecule has 1 aromatic carbocycles. The molecule has 10 heteroatoms. The van der Waals surface area contributed by atoms with E-state index in [1.807, 2.05) is 18.7 Å². The average molecular weight is 409 g/mol. The lowest BCUT2D eigenvalue weighted by Gasteiger charge is -2.35. The molecule has 2 N–H and O–H groups in total. The zero-order valence-corrected chi connectivity index (χ0v) is 16.1. The van der Waals surface area contributed by atoms with Crippen LogP contribution in [0.1, 0.15) is 19.5 Å². The van der Waals surface area contributed by atoms with Gasteiger partial charge in [0.25, 0.3) is 0 Å². The van der Waals surface area contributed by atoms with E-state index in [0.717, 1.165) is 6.20 Å². The fourth-order valence-electron chi connectivity index (χ4n) is 3.31. The van der Waals surface area contributed by atoms with E-state index in [9.17, 15) is 13.2 Å². The summed E-state index contributed by atoms with van der Waals surface area (Å²) in [6.45, 7) is 5.81. The standard InChI is InChI=1S/C19H22F3N5O2/c1-12(2)29-14-3-4-16-15(10-14)18(24-23-16)17-9-13(26-5-7-28-8-6-26)11-27(25-17)19(20,21)22/h3-4,9-12,25H,5-8H2,1-2H3,(H,23,24). The van der Waals surface area contributed by atoms with E-state index in [1.165, 1.54) is 0 Å². The molecule has 4 rings (SSSR count). The van der Waals surface area contributed by atoms with Crippen LogP contribution in [0.2, 0.25) is 0 Å². The number of hydrogen-bond acceptors (Lipinski definition) is 6. The average Bonchev–Trinajstić information content (AvgIpc) is 3.10. The lowest BCUT2D eigenvalue weighted by molar-refractivity contribution is -0.239. The van der Waals surface area contributed by atoms with E-state index in [4.69, 9.17) is 9.47 Å². The highest BCUT2D eigenvalue weighted by Crippen LogP contribution is 2.32. The van der Waals surface area contributed by atoms with Crippen molar-refractivity contribution < 1.29 is 22.6 Å². The summed E-state index contributed by atoms with van der Waals surface area (Å²) < 4.78 is 51.6. The molecule has 2 aliphatic rings. The van der Waals surface area contributed by atoms with Crippen molar-refractivity contribution in [2.75, 3.05) is 26.3 Å². The molecule has 0 radical (unpaired) electrons. The summed E-state index contributed by atoms with van der Waals surface area (Å²) in [5, 5.41) is 7.96. The van der Waals surface area contributed by atoms with Gasteiger partial charge in [0, 0.05) is 18.5 Å². The van der Waals surface area contributed by atoms with Crippen molar-refractivity contribution in [2.45, 2.75) is 26.3 Å². The molecule has 0 amide bonds. The van der Waals surface area contributed by atoms with Crippen LogP contribution in [-0.2, 0) is 4.74 Å². The summed E-state index contributed by atoms with van der Waals surface area (Å²) in [6.07, 6.45) is -1.88. The van der Waals surface area contributed by atoms with Gasteiger partial charge in [-0.15, -0.1) is 13.2 Å². The minimum Gasteiger partial charge on any atom is -0.491 e. The molecule has 1 fully saturated rings. The predicted molar refractivity (Wildman–Crippen MR) is 101 cm³/mol. The Labute approximate surface area is 165 Å². The monoisotopic (exact) mass is 409 g/mol. The zero-order chi connectivity index (χ0) is 20.6. The zero-order valence-electron chi connectivity index (χ0n) is 16.1. The van der Waals surface area contributed by atoms with E-state index in [0.29, 0.717) is 54.3 Å². The van der Waals surface area contributed by atoms with Gasteiger partial charge in [-0.3, -0.25) is 10.5 Å². The Hall–Kier alpha value is -2.88. The minimum absolute atomic E-state index is 0.0219. The second kappa shape index (κ2) is 7.51. The molecule has 29 heavy (non-hydrogen) atoms. The SMILES string of the molecule is CC(C)Oc1ccc2[nH]nc(C3=CC(N4CCOCC4)=CN(C(F)(F)F)N3)c2c1. The fraction of sp³-hybridized carbons (Fsp3) is 0.421. The summed E-state index contributed by atoms with van der Waals surface area (Å²) in [7, 11) is 0. The molecule has 7 nitrogen and oxygen atoms in total. The summed E-state index contributed by atoms with van der Waals surface area (Å²) in [4.78, 5) is 1.87. The van der Waals surface area contributed by atoms with Gasteiger partial charge in [0.2, 0.25) is 0 Å². The van der Waals surface area contributed by atoms with Gasteiger partial charge in [-0.1, -0.05) is 0 Å². The summed E-state index contributed by atoms with van der Waals surface area (Å²) in [5.41, 5.74) is 4.23. The molecular formula is C19H22F3N5O2. The number of allylic oxidation sites excluding steroid dienone is 1. The number of hydrogen-bond donors (Lipinski definition) is 2. The van der Waals surface area contributed by atoms with E-state index in [2.05, 4.69) is 15.6 Å². The number of alkyl halides is 3. The first kappa shape index (κ1) is 19.4. The maximum Gasteiger partial charge on any atom is 0.502 e. The van der Waals surface area contributed by atoms with Gasteiger partial charge in [-0.2, -0.15) is 10.1 Å². The maximum atomic E-state index is 13.5. The van der Waals surface area contributed by atoms with Crippen molar-refractivity contribution in [1.82, 2.24) is 25.5 Å². The number of aromatic nitrogens is 2. The number of hydrazine groups is 1. The van der Waals surface area contributed by atoms with E-state index in [1.54, 1.807) is 24.3 Å². The number of ether oxygens (including phenoxy) is 2. The van der Waals surface area contributed by atoms with Gasteiger partial charge >= 0.3 is 6.30 Å². The summed E-state index contributed by atoms with van der Waals surface area (Å²) in [6, 6.07) is 5.38. The van der Waals surface area contributed by atoms with Gasteiger partial charge in [0.05, 0.1) is 42.4 Å². The van der Waals surface area contributed by atoms with Crippen molar-refractivity contribution in [3.8, 4) is 5.75 Å². The molecule has 2 aliphatic heterocycles. The highest BCUT2D eigenvalue weighted by Gasteiger charge is 2.39. The van der Waals surface area contributed by atoms with E-state index >= 15 is 0 Å². The van der Waals surface area contributed by atoms with Gasteiger partial charge in [0.15, 0.2) is 0 Å². The number of aromatic amines is 1. The summed E-state index contributed by atoms with van der Waals surface area (Å²) in [5.74, 6) is 0.628. The largest absolute Gasteiger partial charge is 0.502 e. The predicted octanol–water partition coefficient (Wildman–Crippen LogP) is 3.20. The van der Waals surface area contributed by atoms with Crippen molar-refractivity contribution in [1.29, 1.82) is 0 Å².